The van der Waals surface area contributed by atoms with Crippen molar-refractivity contribution in [2.75, 3.05) is 13.2 Å². The molecule has 0 saturated heterocycles. The fourth-order valence-corrected chi connectivity index (χ4v) is 4.30. The molecular formula is C20H32N2O5S. The van der Waals surface area contributed by atoms with Crippen LogP contribution in [0.3, 0.4) is 0 Å². The monoisotopic (exact) mass is 412 g/mol. The molecule has 28 heavy (non-hydrogen) atoms. The van der Waals surface area contributed by atoms with Gasteiger partial charge in [-0.1, -0.05) is 43.2 Å². The predicted molar refractivity (Wildman–Crippen MR) is 110 cm³/mol. The minimum atomic E-state index is -3.79. The van der Waals surface area contributed by atoms with Crippen LogP contribution in [-0.2, 0) is 16.4 Å². The number of carbonyl (C=O) groups is 1. The van der Waals surface area contributed by atoms with Gasteiger partial charge in [0, 0.05) is 12.6 Å². The zero-order valence-electron chi connectivity index (χ0n) is 17.0. The molecule has 1 aromatic rings. The Labute approximate surface area is 167 Å². The van der Waals surface area contributed by atoms with Crippen molar-refractivity contribution in [2.45, 2.75) is 57.9 Å². The summed E-state index contributed by atoms with van der Waals surface area (Å²) in [6, 6.07) is 4.59. The Morgan fingerprint density at radius 2 is 1.96 bits per heavy atom. The van der Waals surface area contributed by atoms with Gasteiger partial charge in [-0.15, -0.1) is 0 Å². The highest BCUT2D eigenvalue weighted by Gasteiger charge is 2.23. The predicted octanol–water partition coefficient (Wildman–Crippen LogP) is 2.83. The van der Waals surface area contributed by atoms with E-state index in [9.17, 15) is 18.3 Å². The maximum atomic E-state index is 12.9. The Kier molecular flexibility index (Phi) is 9.64. The summed E-state index contributed by atoms with van der Waals surface area (Å²) in [4.78, 5) is 10.7. The number of aliphatic hydroxyl groups excluding tert-OH is 1. The van der Waals surface area contributed by atoms with E-state index >= 15 is 0 Å². The maximum Gasteiger partial charge on any atom is 0.404 e. The van der Waals surface area contributed by atoms with E-state index in [2.05, 4.69) is 23.9 Å². The van der Waals surface area contributed by atoms with E-state index in [4.69, 9.17) is 5.11 Å². The van der Waals surface area contributed by atoms with Crippen LogP contribution in [-0.4, -0.2) is 43.9 Å². The number of hydrogen-bond donors (Lipinski definition) is 4. The summed E-state index contributed by atoms with van der Waals surface area (Å²) in [6.07, 6.45) is 2.36. The molecule has 158 valence electrons. The Balaban J connectivity index is 2.94. The van der Waals surface area contributed by atoms with Crippen molar-refractivity contribution in [1.82, 2.24) is 10.0 Å². The minimum absolute atomic E-state index is 0.128. The van der Waals surface area contributed by atoms with Crippen molar-refractivity contribution in [3.05, 3.63) is 41.0 Å². The second-order valence-electron chi connectivity index (χ2n) is 7.49. The van der Waals surface area contributed by atoms with E-state index in [1.165, 1.54) is 0 Å². The number of carboxylic acid groups (broad SMARTS) is 1. The van der Waals surface area contributed by atoms with E-state index in [-0.39, 0.29) is 24.5 Å². The number of aliphatic hydroxyl groups is 1. The van der Waals surface area contributed by atoms with Crippen LogP contribution in [0.1, 0.15) is 44.7 Å². The first-order valence-electron chi connectivity index (χ1n) is 9.40. The smallest absolute Gasteiger partial charge is 0.404 e. The topological polar surface area (TPSA) is 116 Å². The average Bonchev–Trinajstić information content (AvgIpc) is 2.58. The molecule has 0 fully saturated rings. The van der Waals surface area contributed by atoms with Gasteiger partial charge in [0.25, 0.3) is 0 Å². The fraction of sp³-hybridized carbons (Fsp3) is 0.550. The summed E-state index contributed by atoms with van der Waals surface area (Å²) < 4.78 is 28.4. The first-order valence-corrected chi connectivity index (χ1v) is 10.9. The lowest BCUT2D eigenvalue weighted by atomic mass is 10.0. The minimum Gasteiger partial charge on any atom is -0.465 e. The molecule has 0 saturated carbocycles. The molecule has 7 nitrogen and oxygen atoms in total. The maximum absolute atomic E-state index is 12.9. The highest BCUT2D eigenvalue weighted by Crippen LogP contribution is 2.21. The number of amides is 1. The van der Waals surface area contributed by atoms with Gasteiger partial charge in [0.15, 0.2) is 0 Å². The van der Waals surface area contributed by atoms with Crippen molar-refractivity contribution in [3.8, 4) is 0 Å². The summed E-state index contributed by atoms with van der Waals surface area (Å²) in [7, 11) is -3.79. The second-order valence-corrected chi connectivity index (χ2v) is 9.17. The number of nitrogens with one attached hydrogen (secondary N) is 2. The summed E-state index contributed by atoms with van der Waals surface area (Å²) >= 11 is 0. The van der Waals surface area contributed by atoms with E-state index in [0.717, 1.165) is 23.1 Å². The van der Waals surface area contributed by atoms with Gasteiger partial charge >= 0.3 is 6.09 Å². The number of sulfonamides is 1. The van der Waals surface area contributed by atoms with Gasteiger partial charge in [0.05, 0.1) is 11.5 Å². The van der Waals surface area contributed by atoms with Crippen LogP contribution in [0.4, 0.5) is 4.79 Å². The third-order valence-corrected chi connectivity index (χ3v) is 5.93. The van der Waals surface area contributed by atoms with Crippen LogP contribution in [0.15, 0.2) is 34.7 Å². The van der Waals surface area contributed by atoms with Crippen LogP contribution in [0.2, 0.25) is 0 Å². The van der Waals surface area contributed by atoms with Gasteiger partial charge in [0.1, 0.15) is 0 Å². The lowest BCUT2D eigenvalue weighted by molar-refractivity contribution is 0.195. The van der Waals surface area contributed by atoms with E-state index in [1.807, 2.05) is 13.0 Å². The van der Waals surface area contributed by atoms with Gasteiger partial charge in [-0.3, -0.25) is 0 Å². The Morgan fingerprint density at radius 3 is 2.54 bits per heavy atom. The molecule has 1 atom stereocenters. The molecule has 4 N–H and O–H groups in total. The van der Waals surface area contributed by atoms with Crippen molar-refractivity contribution >= 4 is 16.1 Å². The molecule has 1 amide bonds. The Hall–Kier alpha value is -1.90. The zero-order chi connectivity index (χ0) is 21.3. The van der Waals surface area contributed by atoms with Crippen LogP contribution in [0, 0.1) is 12.8 Å². The van der Waals surface area contributed by atoms with E-state index in [1.54, 1.807) is 25.1 Å². The fourth-order valence-electron chi connectivity index (χ4n) is 2.82. The molecule has 0 aliphatic heterocycles. The highest BCUT2D eigenvalue weighted by atomic mass is 32.2. The van der Waals surface area contributed by atoms with Crippen LogP contribution < -0.4 is 10.0 Å². The highest BCUT2D eigenvalue weighted by molar-refractivity contribution is 7.89. The number of rotatable bonds is 11. The molecule has 1 aromatic carbocycles. The summed E-state index contributed by atoms with van der Waals surface area (Å²) in [5, 5.41) is 20.4. The first kappa shape index (κ1) is 24.1. The number of benzene rings is 1. The van der Waals surface area contributed by atoms with Gasteiger partial charge in [-0.25, -0.2) is 17.9 Å². The van der Waals surface area contributed by atoms with Gasteiger partial charge < -0.3 is 15.5 Å². The lowest BCUT2D eigenvalue weighted by Gasteiger charge is -2.19. The largest absolute Gasteiger partial charge is 0.465 e. The first-order chi connectivity index (χ1) is 13.0. The molecule has 0 radical (unpaired) electrons. The normalized spacial score (nSPS) is 13.6. The average molecular weight is 413 g/mol. The van der Waals surface area contributed by atoms with Crippen molar-refractivity contribution in [1.29, 1.82) is 0 Å². The van der Waals surface area contributed by atoms with E-state index < -0.39 is 22.2 Å². The molecule has 1 rings (SSSR count). The summed E-state index contributed by atoms with van der Waals surface area (Å²) in [5.74, 6) is 0.460. The molecule has 0 unspecified atom stereocenters. The SMILES string of the molecule is CC(=CCNC(=O)O)C[C@@H](CO)NS(=O)(=O)c1ccc(C)cc1CCC(C)C. The molecule has 0 spiro atoms. The van der Waals surface area contributed by atoms with Gasteiger partial charge in [-0.2, -0.15) is 0 Å². The number of aryl methyl sites for hydroxylation is 2. The summed E-state index contributed by atoms with van der Waals surface area (Å²) in [6.45, 7) is 7.66. The molecule has 0 aliphatic carbocycles. The Morgan fingerprint density at radius 1 is 1.29 bits per heavy atom. The van der Waals surface area contributed by atoms with Gasteiger partial charge in [0.2, 0.25) is 10.0 Å². The Bertz CT molecular complexity index is 788. The van der Waals surface area contributed by atoms with Crippen LogP contribution >= 0.6 is 0 Å². The molecule has 0 aliphatic rings. The van der Waals surface area contributed by atoms with Crippen molar-refractivity contribution in [3.63, 3.8) is 0 Å². The standard InChI is InChI=1S/C20H32N2O5S/c1-14(2)5-7-17-11-15(3)6-8-19(17)28(26,27)22-18(13-23)12-16(4)9-10-21-20(24)25/h6,8-9,11,14,18,21-23H,5,7,10,12-13H2,1-4H3,(H,24,25)/t18-/m0/s1. The molecule has 0 aromatic heterocycles. The van der Waals surface area contributed by atoms with E-state index in [0.29, 0.717) is 12.3 Å². The molecular weight excluding hydrogens is 380 g/mol. The van der Waals surface area contributed by atoms with Crippen molar-refractivity contribution in [2.24, 2.45) is 5.92 Å². The van der Waals surface area contributed by atoms with Crippen molar-refractivity contribution < 1.29 is 23.4 Å². The number of hydrogen-bond acceptors (Lipinski definition) is 4. The third kappa shape index (κ3) is 8.41. The zero-order valence-corrected chi connectivity index (χ0v) is 17.8. The molecule has 0 heterocycles. The third-order valence-electron chi connectivity index (χ3n) is 4.31. The lowest BCUT2D eigenvalue weighted by Crippen LogP contribution is -2.38. The van der Waals surface area contributed by atoms with Crippen LogP contribution in [0.25, 0.3) is 0 Å². The second kappa shape index (κ2) is 11.2. The summed E-state index contributed by atoms with van der Waals surface area (Å²) in [5.41, 5.74) is 2.55. The molecule has 0 bridgehead atoms. The van der Waals surface area contributed by atoms with Crippen LogP contribution in [0.5, 0.6) is 0 Å². The van der Waals surface area contributed by atoms with Gasteiger partial charge in [-0.05, 0) is 50.7 Å². The molecule has 8 heteroatoms. The quantitative estimate of drug-likeness (QED) is 0.417.